The quantitative estimate of drug-likeness (QED) is 0.204. The van der Waals surface area contributed by atoms with E-state index in [4.69, 9.17) is 14.7 Å². The first-order valence-corrected chi connectivity index (χ1v) is 13.1. The number of para-hydroxylation sites is 2. The SMILES string of the molecule is CCCc1nc2c(C)cc(-c3nc4ccccc4n3C)cc2n1Cc1ccc(C#CC(=O)OC(C)C)cc1. The molecule has 0 spiro atoms. The van der Waals surface area contributed by atoms with Gasteiger partial charge in [-0.15, -0.1) is 0 Å². The molecule has 192 valence electrons. The molecule has 5 aromatic rings. The lowest BCUT2D eigenvalue weighted by Crippen LogP contribution is -2.08. The standard InChI is InChI=1S/C32H32N4O2/c1-6-9-29-34-31-22(4)18-25(32-33-26-10-7-8-11-27(26)35(32)5)19-28(31)36(29)20-24-14-12-23(13-15-24)16-17-30(37)38-21(2)3/h7-8,10-15,18-19,21H,6,9,20H2,1-5H3. The maximum atomic E-state index is 11.7. The fourth-order valence-electron chi connectivity index (χ4n) is 4.81. The van der Waals surface area contributed by atoms with Crippen molar-refractivity contribution >= 4 is 28.0 Å². The summed E-state index contributed by atoms with van der Waals surface area (Å²) in [6, 6.07) is 20.6. The highest BCUT2D eigenvalue weighted by atomic mass is 16.5. The van der Waals surface area contributed by atoms with E-state index in [0.29, 0.717) is 6.54 Å². The van der Waals surface area contributed by atoms with Crippen LogP contribution in [0, 0.1) is 18.8 Å². The van der Waals surface area contributed by atoms with Crippen LogP contribution < -0.4 is 0 Å². The number of nitrogens with zero attached hydrogens (tertiary/aromatic N) is 4. The highest BCUT2D eigenvalue weighted by Crippen LogP contribution is 2.30. The van der Waals surface area contributed by atoms with Gasteiger partial charge < -0.3 is 13.9 Å². The van der Waals surface area contributed by atoms with Crippen LogP contribution in [0.3, 0.4) is 0 Å². The molecule has 6 heteroatoms. The molecule has 0 aliphatic carbocycles. The van der Waals surface area contributed by atoms with Gasteiger partial charge in [-0.1, -0.05) is 37.1 Å². The van der Waals surface area contributed by atoms with Gasteiger partial charge >= 0.3 is 5.97 Å². The molecule has 0 aliphatic heterocycles. The lowest BCUT2D eigenvalue weighted by molar-refractivity contribution is -0.140. The molecule has 0 fully saturated rings. The van der Waals surface area contributed by atoms with E-state index in [9.17, 15) is 4.79 Å². The molecule has 0 saturated carbocycles. The zero-order chi connectivity index (χ0) is 26.8. The molecule has 0 bridgehead atoms. The summed E-state index contributed by atoms with van der Waals surface area (Å²) in [5.41, 5.74) is 8.38. The van der Waals surface area contributed by atoms with Crippen LogP contribution in [0.1, 0.15) is 49.7 Å². The van der Waals surface area contributed by atoms with Gasteiger partial charge in [0.15, 0.2) is 0 Å². The summed E-state index contributed by atoms with van der Waals surface area (Å²) in [6.45, 7) is 8.62. The molecule has 2 heterocycles. The van der Waals surface area contributed by atoms with Gasteiger partial charge in [-0.3, -0.25) is 0 Å². The number of imidazole rings is 2. The predicted octanol–water partition coefficient (Wildman–Crippen LogP) is 6.20. The highest BCUT2D eigenvalue weighted by molar-refractivity contribution is 5.89. The molecule has 0 unspecified atom stereocenters. The highest BCUT2D eigenvalue weighted by Gasteiger charge is 2.17. The van der Waals surface area contributed by atoms with Gasteiger partial charge in [-0.25, -0.2) is 14.8 Å². The summed E-state index contributed by atoms with van der Waals surface area (Å²) in [5.74, 6) is 6.96. The Hall–Kier alpha value is -4.37. The summed E-state index contributed by atoms with van der Waals surface area (Å²) >= 11 is 0. The molecule has 3 aromatic carbocycles. The van der Waals surface area contributed by atoms with Crippen molar-refractivity contribution in [3.05, 3.63) is 83.2 Å². The van der Waals surface area contributed by atoms with Gasteiger partial charge in [0.25, 0.3) is 0 Å². The number of hydrogen-bond donors (Lipinski definition) is 0. The first-order chi connectivity index (χ1) is 18.3. The molecule has 38 heavy (non-hydrogen) atoms. The van der Waals surface area contributed by atoms with Gasteiger partial charge in [-0.2, -0.15) is 0 Å². The number of ether oxygens (including phenoxy) is 1. The Balaban J connectivity index is 1.52. The van der Waals surface area contributed by atoms with Crippen molar-refractivity contribution in [1.82, 2.24) is 19.1 Å². The maximum absolute atomic E-state index is 11.7. The summed E-state index contributed by atoms with van der Waals surface area (Å²) < 4.78 is 9.56. The van der Waals surface area contributed by atoms with Gasteiger partial charge in [-0.05, 0) is 74.7 Å². The predicted molar refractivity (Wildman–Crippen MR) is 152 cm³/mol. The maximum Gasteiger partial charge on any atom is 0.384 e. The van der Waals surface area contributed by atoms with E-state index in [1.807, 2.05) is 38.1 Å². The average Bonchev–Trinajstić information content (AvgIpc) is 3.41. The van der Waals surface area contributed by atoms with E-state index >= 15 is 0 Å². The topological polar surface area (TPSA) is 61.9 Å². The molecule has 0 amide bonds. The van der Waals surface area contributed by atoms with Crippen molar-refractivity contribution in [3.63, 3.8) is 0 Å². The second-order valence-corrected chi connectivity index (χ2v) is 9.91. The molecule has 0 atom stereocenters. The van der Waals surface area contributed by atoms with Crippen molar-refractivity contribution < 1.29 is 9.53 Å². The molecule has 0 saturated heterocycles. The first kappa shape index (κ1) is 25.3. The second-order valence-electron chi connectivity index (χ2n) is 9.91. The van der Waals surface area contributed by atoms with E-state index < -0.39 is 5.97 Å². The summed E-state index contributed by atoms with van der Waals surface area (Å²) in [6.07, 6.45) is 1.74. The Labute approximate surface area is 223 Å². The molecular formula is C32H32N4O2. The molecular weight excluding hydrogens is 472 g/mol. The van der Waals surface area contributed by atoms with Crippen LogP contribution in [0.15, 0.2) is 60.7 Å². The third-order valence-corrected chi connectivity index (χ3v) is 6.59. The number of hydrogen-bond acceptors (Lipinski definition) is 4. The number of carbonyl (C=O) groups is 1. The van der Waals surface area contributed by atoms with Crippen LogP contribution in [-0.4, -0.2) is 31.2 Å². The van der Waals surface area contributed by atoms with E-state index in [0.717, 1.165) is 68.8 Å². The zero-order valence-electron chi connectivity index (χ0n) is 22.6. The van der Waals surface area contributed by atoms with Crippen molar-refractivity contribution in [1.29, 1.82) is 0 Å². The lowest BCUT2D eigenvalue weighted by Gasteiger charge is -2.11. The number of fused-ring (bicyclic) bond motifs is 2. The molecule has 2 aromatic heterocycles. The number of carbonyl (C=O) groups excluding carboxylic acids is 1. The molecule has 0 N–H and O–H groups in total. The normalized spacial score (nSPS) is 11.2. The Morgan fingerprint density at radius 2 is 1.79 bits per heavy atom. The van der Waals surface area contributed by atoms with Gasteiger partial charge in [0.1, 0.15) is 11.6 Å². The summed E-state index contributed by atoms with van der Waals surface area (Å²) in [5, 5.41) is 0. The van der Waals surface area contributed by atoms with Crippen LogP contribution >= 0.6 is 0 Å². The van der Waals surface area contributed by atoms with Gasteiger partial charge in [0, 0.05) is 37.1 Å². The van der Waals surface area contributed by atoms with Crippen LogP contribution in [0.5, 0.6) is 0 Å². The third-order valence-electron chi connectivity index (χ3n) is 6.59. The summed E-state index contributed by atoms with van der Waals surface area (Å²) in [7, 11) is 2.07. The third kappa shape index (κ3) is 5.05. The number of benzene rings is 3. The molecule has 0 aliphatic rings. The van der Waals surface area contributed by atoms with E-state index in [1.54, 1.807) is 0 Å². The molecule has 6 nitrogen and oxygen atoms in total. The first-order valence-electron chi connectivity index (χ1n) is 13.1. The van der Waals surface area contributed by atoms with Crippen molar-refractivity contribution in [2.45, 2.75) is 53.2 Å². The smallest absolute Gasteiger partial charge is 0.384 e. The van der Waals surface area contributed by atoms with E-state index in [-0.39, 0.29) is 6.10 Å². The molecule has 0 radical (unpaired) electrons. The minimum absolute atomic E-state index is 0.179. The van der Waals surface area contributed by atoms with E-state index in [2.05, 4.69) is 78.3 Å². The van der Waals surface area contributed by atoms with Gasteiger partial charge in [0.05, 0.1) is 28.2 Å². The fraction of sp³-hybridized carbons (Fsp3) is 0.281. The Kier molecular flexibility index (Phi) is 7.02. The van der Waals surface area contributed by atoms with Crippen LogP contribution in [0.4, 0.5) is 0 Å². The minimum atomic E-state index is -0.509. The van der Waals surface area contributed by atoms with Crippen LogP contribution in [0.2, 0.25) is 0 Å². The number of esters is 1. The monoisotopic (exact) mass is 504 g/mol. The van der Waals surface area contributed by atoms with Crippen LogP contribution in [0.25, 0.3) is 33.5 Å². The second kappa shape index (κ2) is 10.5. The Morgan fingerprint density at radius 3 is 2.50 bits per heavy atom. The lowest BCUT2D eigenvalue weighted by atomic mass is 10.1. The fourth-order valence-corrected chi connectivity index (χ4v) is 4.81. The van der Waals surface area contributed by atoms with Crippen LogP contribution in [-0.2, 0) is 29.5 Å². The molecule has 5 rings (SSSR count). The average molecular weight is 505 g/mol. The Morgan fingerprint density at radius 1 is 1.03 bits per heavy atom. The van der Waals surface area contributed by atoms with Crippen molar-refractivity contribution in [3.8, 4) is 23.2 Å². The van der Waals surface area contributed by atoms with Crippen molar-refractivity contribution in [2.24, 2.45) is 7.05 Å². The minimum Gasteiger partial charge on any atom is -0.453 e. The van der Waals surface area contributed by atoms with E-state index in [1.165, 1.54) is 0 Å². The number of aromatic nitrogens is 4. The largest absolute Gasteiger partial charge is 0.453 e. The summed E-state index contributed by atoms with van der Waals surface area (Å²) in [4.78, 5) is 21.7. The zero-order valence-corrected chi connectivity index (χ0v) is 22.6. The number of aryl methyl sites for hydroxylation is 3. The number of rotatable bonds is 6. The van der Waals surface area contributed by atoms with Crippen molar-refractivity contribution in [2.75, 3.05) is 0 Å². The van der Waals surface area contributed by atoms with Gasteiger partial charge in [0.2, 0.25) is 0 Å². The Bertz CT molecular complexity index is 1700.